The predicted octanol–water partition coefficient (Wildman–Crippen LogP) is -1.72. The molecular formula is C7H14IN. The fourth-order valence-corrected chi connectivity index (χ4v) is 1.09. The lowest BCUT2D eigenvalue weighted by Crippen LogP contribution is -3.00. The minimum Gasteiger partial charge on any atom is -1.00 e. The van der Waals surface area contributed by atoms with Crippen molar-refractivity contribution in [1.82, 2.24) is 0 Å². The molecule has 0 aromatic heterocycles. The standard InChI is InChI=1S/C7H14N.HI/c1-7-5-3-4-6-8(7)2;/h6-7H,3-5H2,1-2H3;1H/q+1;/p-1. The highest BCUT2D eigenvalue weighted by atomic mass is 127. The van der Waals surface area contributed by atoms with E-state index in [1.165, 1.54) is 19.3 Å². The average Bonchev–Trinajstić information content (AvgIpc) is 1.77. The van der Waals surface area contributed by atoms with Gasteiger partial charge in [0.2, 0.25) is 0 Å². The predicted molar refractivity (Wildman–Crippen MR) is 35.6 cm³/mol. The second kappa shape index (κ2) is 4.25. The Balaban J connectivity index is 0.000000640. The lowest BCUT2D eigenvalue weighted by atomic mass is 10.1. The Morgan fingerprint density at radius 2 is 2.22 bits per heavy atom. The van der Waals surface area contributed by atoms with Crippen LogP contribution in [-0.4, -0.2) is 23.9 Å². The molecule has 1 atom stereocenters. The molecule has 0 radical (unpaired) electrons. The molecule has 0 amide bonds. The molecule has 1 unspecified atom stereocenters. The molecule has 0 aromatic carbocycles. The topological polar surface area (TPSA) is 3.01 Å². The molecule has 1 heterocycles. The maximum Gasteiger partial charge on any atom is 0.149 e. The summed E-state index contributed by atoms with van der Waals surface area (Å²) in [6.45, 7) is 2.27. The van der Waals surface area contributed by atoms with E-state index in [1.54, 1.807) is 0 Å². The molecule has 1 rings (SSSR count). The Kier molecular flexibility index (Phi) is 4.44. The Morgan fingerprint density at radius 3 is 2.56 bits per heavy atom. The summed E-state index contributed by atoms with van der Waals surface area (Å²) >= 11 is 0. The summed E-state index contributed by atoms with van der Waals surface area (Å²) in [4.78, 5) is 0. The molecule has 0 N–H and O–H groups in total. The monoisotopic (exact) mass is 239 g/mol. The number of nitrogens with zero attached hydrogens (tertiary/aromatic N) is 1. The van der Waals surface area contributed by atoms with Gasteiger partial charge in [0.05, 0.1) is 0 Å². The molecular weight excluding hydrogens is 225 g/mol. The van der Waals surface area contributed by atoms with Crippen LogP contribution >= 0.6 is 0 Å². The van der Waals surface area contributed by atoms with Crippen LogP contribution in [0.1, 0.15) is 26.2 Å². The lowest BCUT2D eigenvalue weighted by Gasteiger charge is -2.10. The van der Waals surface area contributed by atoms with E-state index in [9.17, 15) is 0 Å². The van der Waals surface area contributed by atoms with Crippen molar-refractivity contribution in [2.24, 2.45) is 0 Å². The molecule has 0 aliphatic carbocycles. The zero-order valence-corrected chi connectivity index (χ0v) is 8.26. The molecule has 0 saturated heterocycles. The third kappa shape index (κ3) is 2.65. The van der Waals surface area contributed by atoms with Crippen LogP contribution in [0, 0.1) is 0 Å². The lowest BCUT2D eigenvalue weighted by molar-refractivity contribution is -0.535. The van der Waals surface area contributed by atoms with Gasteiger partial charge in [0.25, 0.3) is 0 Å². The van der Waals surface area contributed by atoms with Crippen LogP contribution in [0.5, 0.6) is 0 Å². The molecule has 0 saturated carbocycles. The Morgan fingerprint density at radius 1 is 1.56 bits per heavy atom. The van der Waals surface area contributed by atoms with Crippen LogP contribution in [0.25, 0.3) is 0 Å². The molecule has 0 bridgehead atoms. The average molecular weight is 239 g/mol. The van der Waals surface area contributed by atoms with Crippen molar-refractivity contribution in [3.8, 4) is 0 Å². The van der Waals surface area contributed by atoms with Gasteiger partial charge in [-0.25, -0.2) is 4.58 Å². The SMILES string of the molecule is CC1CCCC=[N+]1C.[I-]. The van der Waals surface area contributed by atoms with Crippen molar-refractivity contribution in [2.45, 2.75) is 32.2 Å². The van der Waals surface area contributed by atoms with Crippen molar-refractivity contribution in [3.05, 3.63) is 0 Å². The van der Waals surface area contributed by atoms with Gasteiger partial charge in [-0.2, -0.15) is 0 Å². The van der Waals surface area contributed by atoms with E-state index in [1.807, 2.05) is 0 Å². The van der Waals surface area contributed by atoms with Crippen molar-refractivity contribution < 1.29 is 28.6 Å². The van der Waals surface area contributed by atoms with Crippen molar-refractivity contribution in [1.29, 1.82) is 0 Å². The van der Waals surface area contributed by atoms with Gasteiger partial charge in [-0.05, 0) is 13.3 Å². The first-order valence-corrected chi connectivity index (χ1v) is 3.36. The van der Waals surface area contributed by atoms with Gasteiger partial charge in [0, 0.05) is 12.8 Å². The highest BCUT2D eigenvalue weighted by molar-refractivity contribution is 5.51. The third-order valence-corrected chi connectivity index (χ3v) is 1.94. The highest BCUT2D eigenvalue weighted by Crippen LogP contribution is 2.06. The van der Waals surface area contributed by atoms with Crippen LogP contribution in [0.15, 0.2) is 0 Å². The van der Waals surface area contributed by atoms with Gasteiger partial charge in [-0.3, -0.25) is 0 Å². The number of hydrogen-bond acceptors (Lipinski definition) is 0. The van der Waals surface area contributed by atoms with Gasteiger partial charge >= 0.3 is 0 Å². The number of rotatable bonds is 0. The van der Waals surface area contributed by atoms with Crippen LogP contribution in [0.2, 0.25) is 0 Å². The van der Waals surface area contributed by atoms with Gasteiger partial charge in [0.1, 0.15) is 19.3 Å². The fraction of sp³-hybridized carbons (Fsp3) is 0.857. The Hall–Kier alpha value is 0.400. The summed E-state index contributed by atoms with van der Waals surface area (Å²) in [5.74, 6) is 0. The minimum absolute atomic E-state index is 0. The zero-order valence-electron chi connectivity index (χ0n) is 6.10. The van der Waals surface area contributed by atoms with Gasteiger partial charge in [-0.1, -0.05) is 0 Å². The molecule has 2 heteroatoms. The van der Waals surface area contributed by atoms with Gasteiger partial charge in [-0.15, -0.1) is 0 Å². The fourth-order valence-electron chi connectivity index (χ4n) is 1.09. The maximum absolute atomic E-state index is 2.31. The van der Waals surface area contributed by atoms with Gasteiger partial charge in [0.15, 0.2) is 0 Å². The molecule has 0 aromatic rings. The summed E-state index contributed by atoms with van der Waals surface area (Å²) in [6.07, 6.45) is 6.31. The van der Waals surface area contributed by atoms with Crippen LogP contribution in [0.4, 0.5) is 0 Å². The van der Waals surface area contributed by atoms with Crippen molar-refractivity contribution in [3.63, 3.8) is 0 Å². The normalized spacial score (nSPS) is 26.4. The summed E-state index contributed by atoms with van der Waals surface area (Å²) in [7, 11) is 2.16. The van der Waals surface area contributed by atoms with E-state index >= 15 is 0 Å². The van der Waals surface area contributed by atoms with E-state index < -0.39 is 0 Å². The smallest absolute Gasteiger partial charge is 0.149 e. The van der Waals surface area contributed by atoms with E-state index in [4.69, 9.17) is 0 Å². The second-order valence-electron chi connectivity index (χ2n) is 2.63. The van der Waals surface area contributed by atoms with E-state index in [-0.39, 0.29) is 24.0 Å². The molecule has 0 spiro atoms. The van der Waals surface area contributed by atoms with E-state index in [0.717, 1.165) is 6.04 Å². The summed E-state index contributed by atoms with van der Waals surface area (Å²) in [5.41, 5.74) is 0. The minimum atomic E-state index is 0. The largest absolute Gasteiger partial charge is 1.00 e. The van der Waals surface area contributed by atoms with Crippen LogP contribution in [0.3, 0.4) is 0 Å². The van der Waals surface area contributed by atoms with Crippen LogP contribution in [-0.2, 0) is 0 Å². The Bertz CT molecular complexity index is 109. The molecule has 0 fully saturated rings. The summed E-state index contributed by atoms with van der Waals surface area (Å²) in [5, 5.41) is 0. The van der Waals surface area contributed by atoms with E-state index in [2.05, 4.69) is 24.8 Å². The molecule has 1 aliphatic heterocycles. The summed E-state index contributed by atoms with van der Waals surface area (Å²) in [6, 6.07) is 0.781. The first-order chi connectivity index (χ1) is 3.80. The first kappa shape index (κ1) is 9.40. The number of hydrogen-bond donors (Lipinski definition) is 0. The van der Waals surface area contributed by atoms with Crippen LogP contribution < -0.4 is 24.0 Å². The third-order valence-electron chi connectivity index (χ3n) is 1.94. The molecule has 1 aliphatic rings. The number of halogens is 1. The quantitative estimate of drug-likeness (QED) is 0.349. The first-order valence-electron chi connectivity index (χ1n) is 3.36. The van der Waals surface area contributed by atoms with Crippen molar-refractivity contribution in [2.75, 3.05) is 7.05 Å². The highest BCUT2D eigenvalue weighted by Gasteiger charge is 2.13. The zero-order chi connectivity index (χ0) is 5.98. The summed E-state index contributed by atoms with van der Waals surface area (Å²) < 4.78 is 2.31. The molecule has 9 heavy (non-hydrogen) atoms. The second-order valence-corrected chi connectivity index (χ2v) is 2.63. The molecule has 1 nitrogen and oxygen atoms in total. The maximum atomic E-state index is 2.31. The van der Waals surface area contributed by atoms with Gasteiger partial charge < -0.3 is 24.0 Å². The Labute approximate surface area is 74.2 Å². The van der Waals surface area contributed by atoms with Crippen molar-refractivity contribution >= 4 is 6.21 Å². The molecule has 54 valence electrons. The van der Waals surface area contributed by atoms with E-state index in [0.29, 0.717) is 0 Å².